The van der Waals surface area contributed by atoms with Gasteiger partial charge in [0.05, 0.1) is 6.42 Å². The molecule has 0 unspecified atom stereocenters. The molecule has 2 nitrogen and oxygen atoms in total. The molecule has 0 spiro atoms. The standard InChI is InChI=1S/C4H6O2.4C2H5.Pb/c1-2-3-4(5)6;4*1-2;/h2H,1,3H2,(H,5,6);4*1H2,2H3;. The second-order valence-corrected chi connectivity index (χ2v) is 26.5. The molecule has 90 valence electrons. The van der Waals surface area contributed by atoms with Crippen LogP contribution in [0.15, 0.2) is 12.7 Å². The van der Waals surface area contributed by atoms with Gasteiger partial charge in [-0.1, -0.05) is 6.08 Å². The van der Waals surface area contributed by atoms with E-state index in [1.807, 2.05) is 0 Å². The summed E-state index contributed by atoms with van der Waals surface area (Å²) in [6, 6.07) is 0. The van der Waals surface area contributed by atoms with E-state index >= 15 is 0 Å². The Labute approximate surface area is 99.4 Å². The Morgan fingerprint density at radius 1 is 1.13 bits per heavy atom. The van der Waals surface area contributed by atoms with E-state index in [1.54, 1.807) is 15.9 Å². The van der Waals surface area contributed by atoms with Crippen LogP contribution in [0.5, 0.6) is 0 Å². The van der Waals surface area contributed by atoms with Crippen LogP contribution in [0.3, 0.4) is 0 Å². The molecule has 15 heavy (non-hydrogen) atoms. The molecule has 0 aromatic carbocycles. The van der Waals surface area contributed by atoms with Crippen LogP contribution in [-0.2, 0) is 4.79 Å². The SMILES string of the molecule is C=CCC(=O)O.C[CH2][Pb]([CH2]C)([CH2]C)[CH2]C. The van der Waals surface area contributed by atoms with Gasteiger partial charge in [-0.25, -0.2) is 0 Å². The quantitative estimate of drug-likeness (QED) is 0.528. The van der Waals surface area contributed by atoms with Crippen molar-refractivity contribution in [2.45, 2.75) is 50.0 Å². The average Bonchev–Trinajstić information content (AvgIpc) is 2.23. The fourth-order valence-electron chi connectivity index (χ4n) is 1.62. The van der Waals surface area contributed by atoms with Crippen LogP contribution in [0.2, 0.25) is 15.9 Å². The molecule has 0 aliphatic heterocycles. The molecular formula is C12H26O2Pb. The number of carboxylic acids is 1. The van der Waals surface area contributed by atoms with Crippen molar-refractivity contribution >= 4 is 27.1 Å². The topological polar surface area (TPSA) is 37.3 Å². The Bertz CT molecular complexity index is 157. The first-order chi connectivity index (χ1) is 7.01. The van der Waals surface area contributed by atoms with Crippen molar-refractivity contribution in [1.29, 1.82) is 0 Å². The third-order valence-electron chi connectivity index (χ3n) is 3.32. The van der Waals surface area contributed by atoms with Crippen LogP contribution >= 0.6 is 0 Å². The maximum absolute atomic E-state index is 9.53. The molecule has 0 saturated heterocycles. The first-order valence-electron chi connectivity index (χ1n) is 5.84. The Morgan fingerprint density at radius 2 is 1.47 bits per heavy atom. The van der Waals surface area contributed by atoms with E-state index in [4.69, 9.17) is 5.11 Å². The number of rotatable bonds is 6. The summed E-state index contributed by atoms with van der Waals surface area (Å²) in [6.45, 7) is 12.8. The van der Waals surface area contributed by atoms with Crippen LogP contribution < -0.4 is 0 Å². The molecule has 0 bridgehead atoms. The van der Waals surface area contributed by atoms with Gasteiger partial charge in [0.25, 0.3) is 0 Å². The molecule has 0 aromatic heterocycles. The Kier molecular flexibility index (Phi) is 12.4. The molecule has 0 heterocycles. The van der Waals surface area contributed by atoms with E-state index in [0.29, 0.717) is 0 Å². The van der Waals surface area contributed by atoms with Gasteiger partial charge in [0, 0.05) is 0 Å². The molecule has 0 radical (unpaired) electrons. The Morgan fingerprint density at radius 3 is 1.47 bits per heavy atom. The van der Waals surface area contributed by atoms with E-state index in [9.17, 15) is 4.79 Å². The molecule has 0 fully saturated rings. The first-order valence-corrected chi connectivity index (χ1v) is 16.8. The van der Waals surface area contributed by atoms with Gasteiger partial charge in [0.1, 0.15) is 0 Å². The minimum absolute atomic E-state index is 0.0556. The molecule has 0 aliphatic carbocycles. The van der Waals surface area contributed by atoms with E-state index in [0.717, 1.165) is 0 Å². The summed E-state index contributed by atoms with van der Waals surface area (Å²) in [6.07, 6.45) is 1.41. The van der Waals surface area contributed by atoms with Crippen LogP contribution in [0.4, 0.5) is 0 Å². The predicted molar refractivity (Wildman–Crippen MR) is 70.1 cm³/mol. The van der Waals surface area contributed by atoms with Crippen molar-refractivity contribution in [3.8, 4) is 0 Å². The minimum atomic E-state index is -1.51. The second kappa shape index (κ2) is 10.6. The maximum atomic E-state index is 9.53. The molecule has 0 aromatic rings. The predicted octanol–water partition coefficient (Wildman–Crippen LogP) is 4.16. The van der Waals surface area contributed by atoms with Gasteiger partial charge in [0.2, 0.25) is 0 Å². The number of carbonyl (C=O) groups is 1. The number of carboxylic acid groups (broad SMARTS) is 1. The van der Waals surface area contributed by atoms with Gasteiger partial charge in [0.15, 0.2) is 0 Å². The summed E-state index contributed by atoms with van der Waals surface area (Å²) < 4.78 is 6.26. The fourth-order valence-corrected chi connectivity index (χ4v) is 13.3. The van der Waals surface area contributed by atoms with Crippen LogP contribution in [0, 0.1) is 0 Å². The molecule has 0 amide bonds. The van der Waals surface area contributed by atoms with Crippen molar-refractivity contribution in [3.05, 3.63) is 12.7 Å². The summed E-state index contributed by atoms with van der Waals surface area (Å²) in [5, 5.41) is 7.84. The van der Waals surface area contributed by atoms with Crippen molar-refractivity contribution in [1.82, 2.24) is 0 Å². The van der Waals surface area contributed by atoms with Crippen molar-refractivity contribution < 1.29 is 9.90 Å². The van der Waals surface area contributed by atoms with Crippen molar-refractivity contribution in [2.75, 3.05) is 0 Å². The summed E-state index contributed by atoms with van der Waals surface area (Å²) in [5.41, 5.74) is 0. The zero-order chi connectivity index (χ0) is 12.3. The van der Waals surface area contributed by atoms with Gasteiger partial charge >= 0.3 is 70.8 Å². The number of hydrogen-bond acceptors (Lipinski definition) is 1. The zero-order valence-corrected chi connectivity index (χ0v) is 14.6. The Hall–Kier alpha value is 0.132. The zero-order valence-electron chi connectivity index (χ0n) is 10.7. The molecule has 0 saturated carbocycles. The summed E-state index contributed by atoms with van der Waals surface area (Å²) in [4.78, 5) is 9.53. The summed E-state index contributed by atoms with van der Waals surface area (Å²) in [7, 11) is 0. The normalized spacial score (nSPS) is 10.1. The van der Waals surface area contributed by atoms with Crippen molar-refractivity contribution in [2.24, 2.45) is 0 Å². The van der Waals surface area contributed by atoms with Gasteiger partial charge in [-0.15, -0.1) is 6.58 Å². The number of hydrogen-bond donors (Lipinski definition) is 1. The fraction of sp³-hybridized carbons (Fsp3) is 0.750. The average molecular weight is 410 g/mol. The first kappa shape index (κ1) is 17.5. The van der Waals surface area contributed by atoms with E-state index in [1.165, 1.54) is 6.08 Å². The second-order valence-electron chi connectivity index (χ2n) is 3.80. The van der Waals surface area contributed by atoms with E-state index < -0.39 is 27.1 Å². The van der Waals surface area contributed by atoms with Crippen LogP contribution in [-0.4, -0.2) is 32.2 Å². The monoisotopic (exact) mass is 410 g/mol. The van der Waals surface area contributed by atoms with Crippen LogP contribution in [0.25, 0.3) is 0 Å². The van der Waals surface area contributed by atoms with E-state index in [-0.39, 0.29) is 6.42 Å². The van der Waals surface area contributed by atoms with Gasteiger partial charge in [-0.3, -0.25) is 4.79 Å². The molecular weight excluding hydrogens is 383 g/mol. The number of aliphatic carboxylic acids is 1. The van der Waals surface area contributed by atoms with E-state index in [2.05, 4.69) is 34.3 Å². The van der Waals surface area contributed by atoms with Crippen LogP contribution in [0.1, 0.15) is 34.1 Å². The van der Waals surface area contributed by atoms with Crippen molar-refractivity contribution in [3.63, 3.8) is 0 Å². The molecule has 0 rings (SSSR count). The molecule has 3 heteroatoms. The van der Waals surface area contributed by atoms with Gasteiger partial charge in [-0.05, 0) is 0 Å². The summed E-state index contributed by atoms with van der Waals surface area (Å²) in [5.74, 6) is -0.829. The molecule has 0 aliphatic rings. The van der Waals surface area contributed by atoms with Gasteiger partial charge in [-0.2, -0.15) is 0 Å². The summed E-state index contributed by atoms with van der Waals surface area (Å²) >= 11 is -1.51. The van der Waals surface area contributed by atoms with Gasteiger partial charge < -0.3 is 5.11 Å². The third kappa shape index (κ3) is 9.08. The molecule has 0 atom stereocenters. The Balaban J connectivity index is 0. The molecule has 1 N–H and O–H groups in total. The third-order valence-corrected chi connectivity index (χ3v) is 26.6.